The fourth-order valence-corrected chi connectivity index (χ4v) is 9.45. The summed E-state index contributed by atoms with van der Waals surface area (Å²) in [6.07, 6.45) is 40.8. The molecule has 3 N–H and O–H groups in total. The molecule has 0 spiro atoms. The van der Waals surface area contributed by atoms with Crippen LogP contribution in [0, 0.1) is 17.8 Å². The molecule has 0 radical (unpaired) electrons. The lowest BCUT2D eigenvalue weighted by Crippen LogP contribution is -2.26. The van der Waals surface area contributed by atoms with E-state index in [0.29, 0.717) is 36.0 Å². The molecular formula is C60H102O12. The molecule has 72 heavy (non-hydrogen) atoms. The van der Waals surface area contributed by atoms with Crippen LogP contribution in [0.15, 0.2) is 18.2 Å². The van der Waals surface area contributed by atoms with Gasteiger partial charge in [-0.15, -0.1) is 0 Å². The van der Waals surface area contributed by atoms with Crippen molar-refractivity contribution in [2.24, 2.45) is 17.8 Å². The van der Waals surface area contributed by atoms with E-state index in [1.165, 1.54) is 135 Å². The van der Waals surface area contributed by atoms with Crippen LogP contribution < -0.4 is 0 Å². The molecule has 12 nitrogen and oxygen atoms in total. The molecule has 0 saturated heterocycles. The van der Waals surface area contributed by atoms with Crippen molar-refractivity contribution in [3.05, 3.63) is 34.9 Å². The molecule has 1 aromatic carbocycles. The Morgan fingerprint density at radius 3 is 0.639 bits per heavy atom. The van der Waals surface area contributed by atoms with Gasteiger partial charge in [-0.1, -0.05) is 252 Å². The second kappa shape index (κ2) is 45.6. The van der Waals surface area contributed by atoms with Crippen molar-refractivity contribution in [2.45, 2.75) is 291 Å². The summed E-state index contributed by atoms with van der Waals surface area (Å²) in [6, 6.07) is 4.80. The molecule has 0 aliphatic rings. The molecule has 1 rings (SSSR count). The van der Waals surface area contributed by atoms with Crippen LogP contribution in [0.2, 0.25) is 0 Å². The molecule has 0 aliphatic carbocycles. The van der Waals surface area contributed by atoms with Gasteiger partial charge in [0.1, 0.15) is 19.8 Å². The van der Waals surface area contributed by atoms with Crippen LogP contribution in [0.4, 0.5) is 0 Å². The molecule has 0 bridgehead atoms. The second-order valence-corrected chi connectivity index (χ2v) is 20.7. The van der Waals surface area contributed by atoms with Crippen LogP contribution in [-0.2, 0) is 62.8 Å². The predicted molar refractivity (Wildman–Crippen MR) is 286 cm³/mol. The third-order valence-corrected chi connectivity index (χ3v) is 14.0. The Morgan fingerprint density at radius 1 is 0.306 bits per heavy atom. The van der Waals surface area contributed by atoms with Crippen molar-refractivity contribution in [3.8, 4) is 0 Å². The third-order valence-electron chi connectivity index (χ3n) is 14.0. The van der Waals surface area contributed by atoms with Crippen LogP contribution in [0.5, 0.6) is 0 Å². The zero-order valence-electron chi connectivity index (χ0n) is 45.7. The number of aliphatic carboxylic acids is 3. The highest BCUT2D eigenvalue weighted by Crippen LogP contribution is 2.22. The first-order valence-corrected chi connectivity index (χ1v) is 29.2. The molecule has 414 valence electrons. The summed E-state index contributed by atoms with van der Waals surface area (Å²) >= 11 is 0. The van der Waals surface area contributed by atoms with Crippen molar-refractivity contribution >= 4 is 35.8 Å². The van der Waals surface area contributed by atoms with E-state index in [2.05, 4.69) is 20.8 Å². The molecule has 3 unspecified atom stereocenters. The number of unbranched alkanes of at least 4 members (excludes halogenated alkanes) is 33. The first-order chi connectivity index (χ1) is 34.9. The Labute approximate surface area is 436 Å². The van der Waals surface area contributed by atoms with Crippen molar-refractivity contribution in [2.75, 3.05) is 0 Å². The fraction of sp³-hybridized carbons (Fsp3) is 0.800. The van der Waals surface area contributed by atoms with Crippen LogP contribution in [-0.4, -0.2) is 51.1 Å². The largest absolute Gasteiger partial charge is 0.481 e. The minimum absolute atomic E-state index is 0.150. The molecule has 0 fully saturated rings. The molecule has 0 amide bonds. The molecule has 3 atom stereocenters. The predicted octanol–water partition coefficient (Wildman–Crippen LogP) is 16.2. The van der Waals surface area contributed by atoms with Gasteiger partial charge in [0.15, 0.2) is 17.8 Å². The van der Waals surface area contributed by atoms with Gasteiger partial charge in [0.2, 0.25) is 0 Å². The van der Waals surface area contributed by atoms with Crippen molar-refractivity contribution in [1.82, 2.24) is 0 Å². The minimum Gasteiger partial charge on any atom is -0.481 e. The summed E-state index contributed by atoms with van der Waals surface area (Å²) in [5.41, 5.74) is 1.19. The quantitative estimate of drug-likeness (QED) is 0.0243. The maximum Gasteiger partial charge on any atom is 0.320 e. The number of hydrogen-bond donors (Lipinski definition) is 3. The fourth-order valence-electron chi connectivity index (χ4n) is 9.45. The average molecular weight is 1020 g/mol. The number of carbonyl (C=O) groups excluding carboxylic acids is 3. The van der Waals surface area contributed by atoms with Crippen LogP contribution in [0.25, 0.3) is 0 Å². The summed E-state index contributed by atoms with van der Waals surface area (Å²) in [6.45, 7) is 5.68. The lowest BCUT2D eigenvalue weighted by molar-refractivity contribution is -0.161. The summed E-state index contributed by atoms with van der Waals surface area (Å²) in [5.74, 6) is -10.4. The third kappa shape index (κ3) is 35.2. The number of carbonyl (C=O) groups is 6. The van der Waals surface area contributed by atoms with Crippen molar-refractivity contribution in [1.29, 1.82) is 0 Å². The number of ether oxygens (including phenoxy) is 3. The zero-order valence-corrected chi connectivity index (χ0v) is 45.7. The molecule has 0 aromatic heterocycles. The van der Waals surface area contributed by atoms with Gasteiger partial charge in [-0.2, -0.15) is 0 Å². The van der Waals surface area contributed by atoms with E-state index in [-0.39, 0.29) is 39.1 Å². The Balaban J connectivity index is 2.89. The van der Waals surface area contributed by atoms with Crippen LogP contribution in [0.1, 0.15) is 288 Å². The Kier molecular flexibility index (Phi) is 41.9. The van der Waals surface area contributed by atoms with Crippen LogP contribution >= 0.6 is 0 Å². The molecule has 0 aliphatic heterocycles. The first kappa shape index (κ1) is 66.1. The standard InChI is InChI=1S/C60H102O12/c1-4-7-10-13-16-19-22-25-28-31-34-37-40-52(55(61)62)58(67)70-46-49-43-50(47-71-59(68)53(56(63)64)41-38-35-32-29-26-23-20-17-14-11-8-5-2)45-51(44-49)48-72-60(69)54(57(65)66)42-39-36-33-30-27-24-21-18-15-12-9-6-3/h43-45,52-54H,4-42,46-48H2,1-3H3,(H,61,62)(H,63,64)(H,65,66). The van der Waals surface area contributed by atoms with E-state index in [1.54, 1.807) is 18.2 Å². The Hall–Kier alpha value is -3.96. The highest BCUT2D eigenvalue weighted by atomic mass is 16.5. The Bertz CT molecular complexity index is 1380. The minimum atomic E-state index is -1.34. The maximum atomic E-state index is 13.2. The molecule has 12 heteroatoms. The first-order valence-electron chi connectivity index (χ1n) is 29.2. The van der Waals surface area contributed by atoms with Gasteiger partial charge in [0.05, 0.1) is 0 Å². The van der Waals surface area contributed by atoms with E-state index in [0.717, 1.165) is 77.0 Å². The van der Waals surface area contributed by atoms with E-state index >= 15 is 0 Å². The second-order valence-electron chi connectivity index (χ2n) is 20.7. The molecule has 0 heterocycles. The molecular weight excluding hydrogens is 913 g/mol. The number of carboxylic acids is 3. The van der Waals surface area contributed by atoms with Crippen molar-refractivity contribution in [3.63, 3.8) is 0 Å². The summed E-state index contributed by atoms with van der Waals surface area (Å²) in [5, 5.41) is 29.8. The topological polar surface area (TPSA) is 191 Å². The lowest BCUT2D eigenvalue weighted by Gasteiger charge is -2.16. The summed E-state index contributed by atoms with van der Waals surface area (Å²) < 4.78 is 16.6. The molecule has 1 aromatic rings. The Morgan fingerprint density at radius 2 is 0.472 bits per heavy atom. The van der Waals surface area contributed by atoms with Gasteiger partial charge in [-0.3, -0.25) is 28.8 Å². The normalized spacial score (nSPS) is 12.5. The van der Waals surface area contributed by atoms with Gasteiger partial charge in [-0.05, 0) is 54.2 Å². The summed E-state index contributed by atoms with van der Waals surface area (Å²) in [7, 11) is 0. The van der Waals surface area contributed by atoms with E-state index in [1.807, 2.05) is 0 Å². The van der Waals surface area contributed by atoms with Crippen molar-refractivity contribution < 1.29 is 58.3 Å². The van der Waals surface area contributed by atoms with Gasteiger partial charge >= 0.3 is 35.8 Å². The number of rotatable bonds is 51. The highest BCUT2D eigenvalue weighted by molar-refractivity contribution is 5.95. The number of benzene rings is 1. The smallest absolute Gasteiger partial charge is 0.320 e. The number of esters is 3. The monoisotopic (exact) mass is 1010 g/mol. The molecule has 0 saturated carbocycles. The number of hydrogen-bond acceptors (Lipinski definition) is 9. The summed E-state index contributed by atoms with van der Waals surface area (Å²) in [4.78, 5) is 76.0. The van der Waals surface area contributed by atoms with Gasteiger partial charge < -0.3 is 29.5 Å². The number of carboxylic acid groups (broad SMARTS) is 3. The SMILES string of the molecule is CCCCCCCCCCCCCCC(C(=O)O)C(=O)OCc1cc(COC(=O)C(CCCCCCCCCCCCCC)C(=O)O)cc(COC(=O)C(CCCCCCCCCCCCCC)C(=O)O)c1. The lowest BCUT2D eigenvalue weighted by atomic mass is 9.99. The average Bonchev–Trinajstić information content (AvgIpc) is 3.35. The van der Waals surface area contributed by atoms with Crippen LogP contribution in [0.3, 0.4) is 0 Å². The maximum absolute atomic E-state index is 13.2. The van der Waals surface area contributed by atoms with Gasteiger partial charge in [-0.25, -0.2) is 0 Å². The van der Waals surface area contributed by atoms with E-state index in [9.17, 15) is 44.1 Å². The van der Waals surface area contributed by atoms with Gasteiger partial charge in [0, 0.05) is 0 Å². The highest BCUT2D eigenvalue weighted by Gasteiger charge is 2.30. The van der Waals surface area contributed by atoms with E-state index < -0.39 is 53.6 Å². The van der Waals surface area contributed by atoms with E-state index in [4.69, 9.17) is 14.2 Å². The zero-order chi connectivity index (χ0) is 52.9. The van der Waals surface area contributed by atoms with Gasteiger partial charge in [0.25, 0.3) is 0 Å².